The van der Waals surface area contributed by atoms with Gasteiger partial charge in [-0.2, -0.15) is 0 Å². The zero-order chi connectivity index (χ0) is 33.7. The first kappa shape index (κ1) is 33.0. The second-order valence-electron chi connectivity index (χ2n) is 9.45. The Kier molecular flexibility index (Phi) is 10.1. The molecule has 2 aliphatic rings. The van der Waals surface area contributed by atoms with E-state index in [1.165, 1.54) is 40.9 Å². The molecule has 244 valence electrons. The number of oxime groups is 1. The average Bonchev–Trinajstić information content (AvgIpc) is 3.84. The molecule has 3 aromatic rings. The van der Waals surface area contributed by atoms with Crippen LogP contribution in [0.3, 0.4) is 0 Å². The molecule has 0 radical (unpaired) electrons. The van der Waals surface area contributed by atoms with Crippen LogP contribution in [-0.4, -0.2) is 86.8 Å². The van der Waals surface area contributed by atoms with Crippen molar-refractivity contribution in [3.8, 4) is 10.0 Å². The van der Waals surface area contributed by atoms with Crippen molar-refractivity contribution in [2.24, 2.45) is 5.16 Å². The Balaban J connectivity index is 1.36. The lowest BCUT2D eigenvalue weighted by molar-refractivity contribution is -0.380. The number of nitrogens with zero attached hydrogens (tertiary/aromatic N) is 6. The molecular weight excluding hydrogens is 677 g/mol. The van der Waals surface area contributed by atoms with Gasteiger partial charge in [0.25, 0.3) is 11.8 Å². The molecule has 20 heteroatoms. The SMILES string of the molecule is C=CCOC(=O)Nc1nc(/C(=N/OC)C(=O)N[C@@H]2C(=O)N3C(C(=O)OCC=C)=C(c4csc(-c5ncc([N+](=O)[O-])s5)n4)CC[C@H]23)cs1. The molecule has 1 saturated heterocycles. The Morgan fingerprint density at radius 2 is 1.94 bits per heavy atom. The molecule has 17 nitrogen and oxygen atoms in total. The summed E-state index contributed by atoms with van der Waals surface area (Å²) in [6.07, 6.45) is 3.81. The predicted molar refractivity (Wildman–Crippen MR) is 171 cm³/mol. The van der Waals surface area contributed by atoms with Crippen LogP contribution < -0.4 is 10.6 Å². The molecule has 0 aromatic carbocycles. The molecule has 0 unspecified atom stereocenters. The van der Waals surface area contributed by atoms with E-state index in [9.17, 15) is 29.3 Å². The summed E-state index contributed by atoms with van der Waals surface area (Å²) in [5.74, 6) is -2.12. The van der Waals surface area contributed by atoms with Crippen molar-refractivity contribution >= 4 is 79.3 Å². The monoisotopic (exact) mass is 700 g/mol. The summed E-state index contributed by atoms with van der Waals surface area (Å²) in [5, 5.41) is 23.8. The van der Waals surface area contributed by atoms with Gasteiger partial charge in [-0.25, -0.2) is 24.5 Å². The number of anilines is 1. The summed E-state index contributed by atoms with van der Waals surface area (Å²) < 4.78 is 10.2. The molecular formula is C27H24N8O9S3. The Hall–Kier alpha value is -5.34. The normalized spacial score (nSPS) is 17.3. The zero-order valence-corrected chi connectivity index (χ0v) is 26.8. The van der Waals surface area contributed by atoms with Crippen molar-refractivity contribution in [2.75, 3.05) is 25.6 Å². The first-order chi connectivity index (χ1) is 22.7. The fraction of sp³-hybridized carbons (Fsp3) is 0.259. The highest BCUT2D eigenvalue weighted by Gasteiger charge is 2.54. The quantitative estimate of drug-likeness (QED) is 0.0655. The van der Waals surface area contributed by atoms with E-state index in [1.807, 2.05) is 0 Å². The molecule has 2 atom stereocenters. The zero-order valence-electron chi connectivity index (χ0n) is 24.4. The minimum atomic E-state index is -1.01. The van der Waals surface area contributed by atoms with Gasteiger partial charge in [0.1, 0.15) is 44.0 Å². The first-order valence-electron chi connectivity index (χ1n) is 13.5. The van der Waals surface area contributed by atoms with Gasteiger partial charge in [-0.3, -0.25) is 29.9 Å². The highest BCUT2D eigenvalue weighted by molar-refractivity contribution is 7.22. The smallest absolute Gasteiger partial charge is 0.413 e. The van der Waals surface area contributed by atoms with E-state index in [0.29, 0.717) is 34.1 Å². The van der Waals surface area contributed by atoms with Gasteiger partial charge < -0.3 is 19.6 Å². The van der Waals surface area contributed by atoms with Gasteiger partial charge in [-0.05, 0) is 24.2 Å². The minimum Gasteiger partial charge on any atom is -0.457 e. The van der Waals surface area contributed by atoms with E-state index in [2.05, 4.69) is 43.9 Å². The van der Waals surface area contributed by atoms with Crippen LogP contribution in [0.1, 0.15) is 24.2 Å². The number of carbonyl (C=O) groups is 4. The summed E-state index contributed by atoms with van der Waals surface area (Å²) in [4.78, 5) is 81.5. The van der Waals surface area contributed by atoms with Gasteiger partial charge in [-0.1, -0.05) is 30.5 Å². The van der Waals surface area contributed by atoms with Gasteiger partial charge in [0, 0.05) is 16.3 Å². The maximum absolute atomic E-state index is 13.5. The van der Waals surface area contributed by atoms with Crippen molar-refractivity contribution in [1.29, 1.82) is 0 Å². The molecule has 0 aliphatic carbocycles. The number of aromatic nitrogens is 3. The van der Waals surface area contributed by atoms with E-state index in [4.69, 9.17) is 14.3 Å². The number of thiazole rings is 3. The number of carbonyl (C=O) groups excluding carboxylic acids is 4. The van der Waals surface area contributed by atoms with Crippen molar-refractivity contribution in [1.82, 2.24) is 25.2 Å². The first-order valence-corrected chi connectivity index (χ1v) is 16.1. The lowest BCUT2D eigenvalue weighted by atomic mass is 9.82. The number of esters is 1. The number of rotatable bonds is 13. The third-order valence-corrected chi connectivity index (χ3v) is 9.30. The summed E-state index contributed by atoms with van der Waals surface area (Å²) in [5.41, 5.74) is 0.629. The van der Waals surface area contributed by atoms with Crippen LogP contribution in [-0.2, 0) is 28.7 Å². The standard InChI is InChI=1S/C27H24N8O9S3/c1-4-8-43-25(38)20-13(14-11-45-23(29-14)22-28-10-17(47-22)35(40)41)6-7-16-19(24(37)34(16)20)31-21(36)18(33-42-3)15-12-46-26(30-15)32-27(39)44-9-5-2/h4-5,10-12,16,19H,1-2,6-9H2,3H3,(H,31,36)(H,30,32,39)/b33-18-/t16-,19+/m1/s1. The van der Waals surface area contributed by atoms with Crippen molar-refractivity contribution in [3.63, 3.8) is 0 Å². The van der Waals surface area contributed by atoms with E-state index < -0.39 is 40.9 Å². The van der Waals surface area contributed by atoms with E-state index >= 15 is 0 Å². The molecule has 0 bridgehead atoms. The molecule has 1 fully saturated rings. The van der Waals surface area contributed by atoms with Crippen LogP contribution in [0.15, 0.2) is 53.1 Å². The lowest BCUT2D eigenvalue weighted by Crippen LogP contribution is -2.72. The number of amides is 3. The number of fused-ring (bicyclic) bond motifs is 1. The Morgan fingerprint density at radius 3 is 2.64 bits per heavy atom. The average molecular weight is 701 g/mol. The third-order valence-electron chi connectivity index (χ3n) is 6.60. The number of nitrogens with one attached hydrogen (secondary N) is 2. The number of hydrogen-bond donors (Lipinski definition) is 2. The topological polar surface area (TPSA) is 217 Å². The van der Waals surface area contributed by atoms with Crippen LogP contribution in [0, 0.1) is 10.1 Å². The molecule has 3 amide bonds. The second-order valence-corrected chi connectivity index (χ2v) is 12.2. The maximum Gasteiger partial charge on any atom is 0.413 e. The number of hydrogen-bond acceptors (Lipinski definition) is 16. The number of allylic oxidation sites excluding steroid dienone is 1. The molecule has 0 spiro atoms. The van der Waals surface area contributed by atoms with Crippen LogP contribution in [0.4, 0.5) is 14.9 Å². The summed E-state index contributed by atoms with van der Waals surface area (Å²) in [6.45, 7) is 6.90. The fourth-order valence-electron chi connectivity index (χ4n) is 4.67. The largest absolute Gasteiger partial charge is 0.457 e. The number of β-lactam (4-membered cyclic amide) rings is 1. The number of nitro groups is 1. The highest BCUT2D eigenvalue weighted by atomic mass is 32.1. The highest BCUT2D eigenvalue weighted by Crippen LogP contribution is 2.42. The van der Waals surface area contributed by atoms with Crippen LogP contribution in [0.2, 0.25) is 0 Å². The fourth-order valence-corrected chi connectivity index (χ4v) is 6.96. The van der Waals surface area contributed by atoms with E-state index in [-0.39, 0.29) is 40.4 Å². The molecule has 2 aliphatic heterocycles. The molecule has 2 N–H and O–H groups in total. The molecule has 47 heavy (non-hydrogen) atoms. The van der Waals surface area contributed by atoms with Crippen molar-refractivity contribution in [2.45, 2.75) is 24.9 Å². The van der Waals surface area contributed by atoms with Gasteiger partial charge in [0.15, 0.2) is 20.9 Å². The van der Waals surface area contributed by atoms with Gasteiger partial charge in [0.05, 0.1) is 16.7 Å². The van der Waals surface area contributed by atoms with Crippen molar-refractivity contribution < 1.29 is 38.4 Å². The van der Waals surface area contributed by atoms with E-state index in [1.54, 1.807) is 5.38 Å². The van der Waals surface area contributed by atoms with Crippen LogP contribution in [0.25, 0.3) is 15.6 Å². The molecule has 5 heterocycles. The van der Waals surface area contributed by atoms with Crippen LogP contribution in [0.5, 0.6) is 0 Å². The summed E-state index contributed by atoms with van der Waals surface area (Å²) in [6, 6.07) is -1.61. The second kappa shape index (κ2) is 14.4. The lowest BCUT2D eigenvalue weighted by Gasteiger charge is -2.50. The summed E-state index contributed by atoms with van der Waals surface area (Å²) >= 11 is 3.06. The molecule has 3 aromatic heterocycles. The molecule has 0 saturated carbocycles. The Morgan fingerprint density at radius 1 is 1.17 bits per heavy atom. The van der Waals surface area contributed by atoms with Gasteiger partial charge >= 0.3 is 17.1 Å². The molecule has 5 rings (SSSR count). The predicted octanol–water partition coefficient (Wildman–Crippen LogP) is 3.35. The van der Waals surface area contributed by atoms with Gasteiger partial charge in [0.2, 0.25) is 0 Å². The minimum absolute atomic E-state index is 0.00890. The Labute approximate surface area is 277 Å². The third kappa shape index (κ3) is 6.93. The Bertz CT molecular complexity index is 1830. The summed E-state index contributed by atoms with van der Waals surface area (Å²) in [7, 11) is 1.23. The van der Waals surface area contributed by atoms with E-state index in [0.717, 1.165) is 28.9 Å². The van der Waals surface area contributed by atoms with Gasteiger partial charge in [-0.15, -0.1) is 22.7 Å². The maximum atomic E-state index is 13.5. The van der Waals surface area contributed by atoms with Crippen molar-refractivity contribution in [3.05, 3.63) is 69.5 Å². The van der Waals surface area contributed by atoms with Crippen LogP contribution >= 0.6 is 34.0 Å². The number of ether oxygens (including phenoxy) is 2.